The Hall–Kier alpha value is -2.02. The van der Waals surface area contributed by atoms with Crippen molar-refractivity contribution in [3.8, 4) is 11.8 Å². The van der Waals surface area contributed by atoms with Gasteiger partial charge in [-0.15, -0.1) is 11.6 Å². The van der Waals surface area contributed by atoms with Crippen LogP contribution in [0.25, 0.3) is 16.7 Å². The van der Waals surface area contributed by atoms with Crippen molar-refractivity contribution >= 4 is 34.2 Å². The third-order valence-electron chi connectivity index (χ3n) is 3.39. The number of fused-ring (bicyclic) bond motifs is 1. The lowest BCUT2D eigenvalue weighted by Crippen LogP contribution is -1.99. The topological polar surface area (TPSA) is 41.6 Å². The van der Waals surface area contributed by atoms with Gasteiger partial charge in [-0.1, -0.05) is 17.7 Å². The zero-order chi connectivity index (χ0) is 15.0. The van der Waals surface area contributed by atoms with Crippen LogP contribution in [0.1, 0.15) is 17.0 Å². The second-order valence-corrected chi connectivity index (χ2v) is 5.42. The summed E-state index contributed by atoms with van der Waals surface area (Å²) in [4.78, 5) is 4.51. The van der Waals surface area contributed by atoms with Crippen molar-refractivity contribution in [1.29, 1.82) is 5.26 Å². The summed E-state index contributed by atoms with van der Waals surface area (Å²) in [5.41, 5.74) is 4.14. The predicted octanol–water partition coefficient (Wildman–Crippen LogP) is 4.60. The molecule has 0 amide bonds. The second kappa shape index (κ2) is 5.40. The summed E-state index contributed by atoms with van der Waals surface area (Å²) in [5, 5.41) is 9.76. The highest BCUT2D eigenvalue weighted by Crippen LogP contribution is 2.26. The fourth-order valence-electron chi connectivity index (χ4n) is 2.29. The molecule has 0 N–H and O–H groups in total. The van der Waals surface area contributed by atoms with Gasteiger partial charge in [-0.2, -0.15) is 5.26 Å². The van der Waals surface area contributed by atoms with Crippen molar-refractivity contribution in [2.45, 2.75) is 12.8 Å². The van der Waals surface area contributed by atoms with E-state index in [4.69, 9.17) is 28.5 Å². The van der Waals surface area contributed by atoms with Crippen molar-refractivity contribution in [3.63, 3.8) is 0 Å². The summed E-state index contributed by atoms with van der Waals surface area (Å²) < 4.78 is 1.94. The molecule has 2 aromatic carbocycles. The molecule has 0 aliphatic rings. The molecule has 3 rings (SSSR count). The van der Waals surface area contributed by atoms with E-state index >= 15 is 0 Å². The van der Waals surface area contributed by atoms with E-state index in [1.165, 1.54) is 0 Å². The molecular formula is C16H11Cl2N3. The normalized spacial score (nSPS) is 10.8. The maximum atomic E-state index is 9.08. The van der Waals surface area contributed by atoms with Gasteiger partial charge >= 0.3 is 0 Å². The van der Waals surface area contributed by atoms with E-state index in [1.54, 1.807) is 6.07 Å². The number of nitrogens with zero attached hydrogens (tertiary/aromatic N) is 3. The summed E-state index contributed by atoms with van der Waals surface area (Å²) >= 11 is 12.2. The van der Waals surface area contributed by atoms with E-state index in [9.17, 15) is 0 Å². The predicted molar refractivity (Wildman–Crippen MR) is 85.1 cm³/mol. The first-order valence-electron chi connectivity index (χ1n) is 6.38. The first-order valence-corrected chi connectivity index (χ1v) is 7.29. The molecule has 0 saturated carbocycles. The van der Waals surface area contributed by atoms with Crippen LogP contribution in [0.3, 0.4) is 0 Å². The van der Waals surface area contributed by atoms with Crippen LogP contribution in [0.15, 0.2) is 36.4 Å². The summed E-state index contributed by atoms with van der Waals surface area (Å²) in [6, 6.07) is 13.3. The van der Waals surface area contributed by atoms with Crippen LogP contribution in [-0.4, -0.2) is 9.55 Å². The molecule has 0 unspecified atom stereocenters. The lowest BCUT2D eigenvalue weighted by atomic mass is 10.2. The Balaban J connectivity index is 2.33. The van der Waals surface area contributed by atoms with Gasteiger partial charge in [0, 0.05) is 10.7 Å². The van der Waals surface area contributed by atoms with Crippen molar-refractivity contribution in [2.24, 2.45) is 0 Å². The van der Waals surface area contributed by atoms with E-state index in [2.05, 4.69) is 11.1 Å². The van der Waals surface area contributed by atoms with Gasteiger partial charge in [0.05, 0.1) is 28.5 Å². The van der Waals surface area contributed by atoms with E-state index < -0.39 is 0 Å². The van der Waals surface area contributed by atoms with Crippen LogP contribution in [0.4, 0.5) is 0 Å². The molecule has 0 saturated heterocycles. The van der Waals surface area contributed by atoms with Crippen LogP contribution in [-0.2, 0) is 5.88 Å². The third-order valence-corrected chi connectivity index (χ3v) is 4.03. The second-order valence-electron chi connectivity index (χ2n) is 4.75. The van der Waals surface area contributed by atoms with Gasteiger partial charge < -0.3 is 0 Å². The number of benzene rings is 2. The summed E-state index contributed by atoms with van der Waals surface area (Å²) in [6.07, 6.45) is 0. The summed E-state index contributed by atoms with van der Waals surface area (Å²) in [7, 11) is 0. The number of imidazole rings is 1. The molecule has 21 heavy (non-hydrogen) atoms. The fourth-order valence-corrected chi connectivity index (χ4v) is 2.65. The Morgan fingerprint density at radius 1 is 1.24 bits per heavy atom. The van der Waals surface area contributed by atoms with Crippen LogP contribution >= 0.6 is 23.2 Å². The largest absolute Gasteiger partial charge is 0.295 e. The molecule has 0 aliphatic heterocycles. The minimum atomic E-state index is 0.280. The molecule has 3 aromatic rings. The molecule has 5 heteroatoms. The molecule has 0 spiro atoms. The van der Waals surface area contributed by atoms with Crippen LogP contribution < -0.4 is 0 Å². The maximum absolute atomic E-state index is 9.08. The number of aryl methyl sites for hydroxylation is 1. The average molecular weight is 316 g/mol. The standard InChI is InChI=1S/C16H11Cl2N3/c1-10-2-4-12(7-13(10)18)21-15-6-11(9-19)3-5-14(15)20-16(21)8-17/h2-7H,8H2,1H3. The Bertz CT molecular complexity index is 875. The quantitative estimate of drug-likeness (QED) is 0.648. The molecule has 0 aliphatic carbocycles. The van der Waals surface area contributed by atoms with Crippen molar-refractivity contribution in [2.75, 3.05) is 0 Å². The van der Waals surface area contributed by atoms with E-state index in [0.717, 1.165) is 28.1 Å². The number of nitriles is 1. The van der Waals surface area contributed by atoms with Gasteiger partial charge in [-0.05, 0) is 42.8 Å². The van der Waals surface area contributed by atoms with E-state index in [1.807, 2.05) is 41.8 Å². The van der Waals surface area contributed by atoms with Crippen molar-refractivity contribution in [3.05, 3.63) is 58.4 Å². The molecule has 3 nitrogen and oxygen atoms in total. The lowest BCUT2D eigenvalue weighted by molar-refractivity contribution is 0.981. The number of aromatic nitrogens is 2. The molecule has 0 radical (unpaired) electrons. The van der Waals surface area contributed by atoms with Gasteiger partial charge in [0.2, 0.25) is 0 Å². The third kappa shape index (κ3) is 2.37. The molecule has 0 fully saturated rings. The zero-order valence-corrected chi connectivity index (χ0v) is 12.8. The highest BCUT2D eigenvalue weighted by atomic mass is 35.5. The van der Waals surface area contributed by atoms with E-state index in [0.29, 0.717) is 10.6 Å². The molecule has 0 bridgehead atoms. The van der Waals surface area contributed by atoms with Gasteiger partial charge in [0.1, 0.15) is 5.82 Å². The number of alkyl halides is 1. The summed E-state index contributed by atoms with van der Waals surface area (Å²) in [5.74, 6) is 1.00. The number of rotatable bonds is 2. The Labute approximate surface area is 132 Å². The van der Waals surface area contributed by atoms with Gasteiger partial charge in [-0.25, -0.2) is 4.98 Å². The van der Waals surface area contributed by atoms with Crippen LogP contribution in [0.5, 0.6) is 0 Å². The minimum absolute atomic E-state index is 0.280. The molecule has 1 heterocycles. The lowest BCUT2D eigenvalue weighted by Gasteiger charge is -2.09. The van der Waals surface area contributed by atoms with E-state index in [-0.39, 0.29) is 5.88 Å². The van der Waals surface area contributed by atoms with Crippen LogP contribution in [0, 0.1) is 18.3 Å². The number of hydrogen-bond acceptors (Lipinski definition) is 2. The zero-order valence-electron chi connectivity index (χ0n) is 11.3. The first-order chi connectivity index (χ1) is 10.1. The minimum Gasteiger partial charge on any atom is -0.295 e. The molecule has 0 atom stereocenters. The van der Waals surface area contributed by atoms with Crippen LogP contribution in [0.2, 0.25) is 5.02 Å². The van der Waals surface area contributed by atoms with Gasteiger partial charge in [0.25, 0.3) is 0 Å². The first kappa shape index (κ1) is 13.9. The Kier molecular flexibility index (Phi) is 3.59. The monoisotopic (exact) mass is 315 g/mol. The highest BCUT2D eigenvalue weighted by molar-refractivity contribution is 6.31. The fraction of sp³-hybridized carbons (Fsp3) is 0.125. The Morgan fingerprint density at radius 3 is 2.71 bits per heavy atom. The summed E-state index contributed by atoms with van der Waals surface area (Å²) in [6.45, 7) is 1.95. The number of halogens is 2. The Morgan fingerprint density at radius 2 is 2.05 bits per heavy atom. The SMILES string of the molecule is Cc1ccc(-n2c(CCl)nc3ccc(C#N)cc32)cc1Cl. The molecular weight excluding hydrogens is 305 g/mol. The molecule has 104 valence electrons. The van der Waals surface area contributed by atoms with Crippen molar-refractivity contribution < 1.29 is 0 Å². The van der Waals surface area contributed by atoms with Gasteiger partial charge in [0.15, 0.2) is 0 Å². The molecule has 1 aromatic heterocycles. The maximum Gasteiger partial charge on any atom is 0.129 e. The smallest absolute Gasteiger partial charge is 0.129 e. The van der Waals surface area contributed by atoms with Gasteiger partial charge in [-0.3, -0.25) is 4.57 Å². The average Bonchev–Trinajstić information content (AvgIpc) is 2.87. The van der Waals surface area contributed by atoms with Crippen molar-refractivity contribution in [1.82, 2.24) is 9.55 Å². The number of hydrogen-bond donors (Lipinski definition) is 0. The highest BCUT2D eigenvalue weighted by Gasteiger charge is 2.13.